The van der Waals surface area contributed by atoms with Gasteiger partial charge in [0, 0.05) is 36.5 Å². The van der Waals surface area contributed by atoms with Crippen molar-refractivity contribution in [1.82, 2.24) is 4.90 Å². The van der Waals surface area contributed by atoms with Gasteiger partial charge in [0.1, 0.15) is 15.9 Å². The molecule has 0 aromatic heterocycles. The van der Waals surface area contributed by atoms with Crippen LogP contribution in [0.4, 0.5) is 0 Å². The number of hydrogen-bond acceptors (Lipinski definition) is 7. The van der Waals surface area contributed by atoms with E-state index < -0.39 is 15.9 Å². The van der Waals surface area contributed by atoms with E-state index in [-0.39, 0.29) is 22.9 Å². The van der Waals surface area contributed by atoms with Crippen LogP contribution in [0.25, 0.3) is 0 Å². The van der Waals surface area contributed by atoms with Crippen molar-refractivity contribution in [1.29, 1.82) is 0 Å². The molecular weight excluding hydrogens is 346 g/mol. The Labute approximate surface area is 140 Å². The quantitative estimate of drug-likeness (QED) is 0.363. The summed E-state index contributed by atoms with van der Waals surface area (Å²) in [6.07, 6.45) is 3.36. The summed E-state index contributed by atoms with van der Waals surface area (Å²) in [5.74, 6) is 0.609. The highest BCUT2D eigenvalue weighted by atomic mass is 33.1. The first-order chi connectivity index (χ1) is 10.2. The van der Waals surface area contributed by atoms with Crippen LogP contribution < -0.4 is 0 Å². The van der Waals surface area contributed by atoms with Gasteiger partial charge in [-0.05, 0) is 19.3 Å². The minimum absolute atomic E-state index is 0.114. The topological polar surface area (TPSA) is 80.8 Å². The molecule has 2 atom stereocenters. The molecule has 1 unspecified atom stereocenters. The summed E-state index contributed by atoms with van der Waals surface area (Å²) in [5.41, 5.74) is 0. The Bertz CT molecular complexity index is 494. The molecule has 0 aliphatic carbocycles. The maximum atomic E-state index is 11.7. The predicted octanol–water partition coefficient (Wildman–Crippen LogP) is 1.35. The third kappa shape index (κ3) is 6.78. The molecule has 1 heterocycles. The van der Waals surface area contributed by atoms with Crippen molar-refractivity contribution in [3.8, 4) is 0 Å². The molecule has 0 N–H and O–H groups in total. The summed E-state index contributed by atoms with van der Waals surface area (Å²) >= 11 is 0. The summed E-state index contributed by atoms with van der Waals surface area (Å²) in [7, 11) is 1.78. The van der Waals surface area contributed by atoms with Gasteiger partial charge in [-0.3, -0.25) is 4.79 Å². The second-order valence-corrected chi connectivity index (χ2v) is 10.4. The highest BCUT2D eigenvalue weighted by Gasteiger charge is 2.39. The van der Waals surface area contributed by atoms with Crippen LogP contribution in [-0.2, 0) is 24.2 Å². The first-order valence-corrected chi connectivity index (χ1v) is 11.5. The van der Waals surface area contributed by atoms with Gasteiger partial charge in [-0.15, -0.1) is 0 Å². The van der Waals surface area contributed by atoms with Gasteiger partial charge < -0.3 is 9.64 Å². The number of likely N-dealkylation sites (tertiary alicyclic amines) is 1. The first-order valence-electron chi connectivity index (χ1n) is 7.05. The van der Waals surface area contributed by atoms with E-state index in [1.165, 1.54) is 20.3 Å². The number of sulfone groups is 1. The molecule has 128 valence electrons. The van der Waals surface area contributed by atoms with Crippen molar-refractivity contribution in [3.05, 3.63) is 0 Å². The van der Waals surface area contributed by atoms with Gasteiger partial charge in [0.05, 0.1) is 7.11 Å². The van der Waals surface area contributed by atoms with Crippen LogP contribution in [0.15, 0.2) is 0 Å². The molecule has 22 heavy (non-hydrogen) atoms. The van der Waals surface area contributed by atoms with Gasteiger partial charge in [-0.1, -0.05) is 21.6 Å². The van der Waals surface area contributed by atoms with E-state index in [1.54, 1.807) is 26.5 Å². The summed E-state index contributed by atoms with van der Waals surface area (Å²) in [6.45, 7) is 2.01. The second kappa shape index (κ2) is 9.02. The zero-order valence-electron chi connectivity index (χ0n) is 13.1. The summed E-state index contributed by atoms with van der Waals surface area (Å²) in [4.78, 5) is 24.8. The lowest BCUT2D eigenvalue weighted by Crippen LogP contribution is -2.39. The number of hydrogen-bond donors (Lipinski definition) is 0. The van der Waals surface area contributed by atoms with E-state index >= 15 is 0 Å². The molecule has 1 saturated heterocycles. The molecule has 1 amide bonds. The molecule has 0 radical (unpaired) electrons. The Morgan fingerprint density at radius 2 is 2.00 bits per heavy atom. The minimum Gasteiger partial charge on any atom is -0.467 e. The van der Waals surface area contributed by atoms with E-state index in [1.807, 2.05) is 0 Å². The van der Waals surface area contributed by atoms with Crippen LogP contribution in [0.3, 0.4) is 0 Å². The molecule has 0 aromatic rings. The maximum absolute atomic E-state index is 11.7. The number of nitrogens with zero attached hydrogens (tertiary/aromatic N) is 1. The SMILES string of the molecule is COC(=O)[C@@H]1CC(SSCCCCS(C)(=O)=O)CN1C(C)=O. The highest BCUT2D eigenvalue weighted by Crippen LogP contribution is 2.36. The Morgan fingerprint density at radius 1 is 1.32 bits per heavy atom. The Morgan fingerprint density at radius 3 is 2.55 bits per heavy atom. The van der Waals surface area contributed by atoms with Crippen molar-refractivity contribution in [2.24, 2.45) is 0 Å². The number of carbonyl (C=O) groups is 2. The molecular formula is C13H23NO5S3. The average Bonchev–Trinajstić information content (AvgIpc) is 2.85. The zero-order chi connectivity index (χ0) is 16.8. The molecule has 1 rings (SSSR count). The standard InChI is InChI=1S/C13H23NO5S3/c1-10(15)14-9-11(8-12(14)13(16)19-2)21-20-6-4-5-7-22(3,17)18/h11-12H,4-9H2,1-3H3/t11?,12-/m0/s1. The lowest BCUT2D eigenvalue weighted by Gasteiger charge is -2.20. The van der Waals surface area contributed by atoms with E-state index in [2.05, 4.69) is 0 Å². The fourth-order valence-electron chi connectivity index (χ4n) is 2.24. The van der Waals surface area contributed by atoms with Gasteiger partial charge in [-0.2, -0.15) is 0 Å². The van der Waals surface area contributed by atoms with Crippen molar-refractivity contribution in [2.75, 3.05) is 31.4 Å². The van der Waals surface area contributed by atoms with Gasteiger partial charge in [0.2, 0.25) is 5.91 Å². The van der Waals surface area contributed by atoms with Gasteiger partial charge in [0.15, 0.2) is 0 Å². The van der Waals surface area contributed by atoms with Crippen molar-refractivity contribution < 1.29 is 22.7 Å². The lowest BCUT2D eigenvalue weighted by atomic mass is 10.2. The summed E-state index contributed by atoms with van der Waals surface area (Å²) < 4.78 is 26.8. The molecule has 9 heteroatoms. The van der Waals surface area contributed by atoms with Crippen LogP contribution in [0.1, 0.15) is 26.2 Å². The van der Waals surface area contributed by atoms with Gasteiger partial charge in [0.25, 0.3) is 0 Å². The summed E-state index contributed by atoms with van der Waals surface area (Å²) in [6, 6.07) is -0.481. The Kier molecular flexibility index (Phi) is 8.06. The number of esters is 1. The monoisotopic (exact) mass is 369 g/mol. The number of amides is 1. The zero-order valence-corrected chi connectivity index (χ0v) is 15.6. The van der Waals surface area contributed by atoms with E-state index in [4.69, 9.17) is 4.74 Å². The van der Waals surface area contributed by atoms with Crippen LogP contribution in [0.2, 0.25) is 0 Å². The molecule has 0 aromatic carbocycles. The number of unbranched alkanes of at least 4 members (excludes halogenated alkanes) is 1. The van der Waals surface area contributed by atoms with Crippen molar-refractivity contribution in [2.45, 2.75) is 37.5 Å². The second-order valence-electron chi connectivity index (χ2n) is 5.32. The fourth-order valence-corrected chi connectivity index (χ4v) is 5.70. The van der Waals surface area contributed by atoms with E-state index in [9.17, 15) is 18.0 Å². The lowest BCUT2D eigenvalue weighted by molar-refractivity contribution is -0.150. The molecule has 6 nitrogen and oxygen atoms in total. The van der Waals surface area contributed by atoms with Crippen LogP contribution in [0, 0.1) is 0 Å². The van der Waals surface area contributed by atoms with E-state index in [0.29, 0.717) is 19.4 Å². The molecule has 0 saturated carbocycles. The predicted molar refractivity (Wildman–Crippen MR) is 90.6 cm³/mol. The number of methoxy groups -OCH3 is 1. The largest absolute Gasteiger partial charge is 0.467 e. The highest BCUT2D eigenvalue weighted by molar-refractivity contribution is 8.76. The molecule has 1 fully saturated rings. The van der Waals surface area contributed by atoms with Gasteiger partial charge >= 0.3 is 5.97 Å². The van der Waals surface area contributed by atoms with Crippen LogP contribution in [-0.4, -0.2) is 67.9 Å². The smallest absolute Gasteiger partial charge is 0.328 e. The van der Waals surface area contributed by atoms with Crippen LogP contribution in [0.5, 0.6) is 0 Å². The molecule has 1 aliphatic heterocycles. The summed E-state index contributed by atoms with van der Waals surface area (Å²) in [5, 5.41) is 0.202. The normalized spacial score (nSPS) is 21.9. The number of carbonyl (C=O) groups excluding carboxylic acids is 2. The Balaban J connectivity index is 2.30. The first kappa shape index (κ1) is 19.6. The fraction of sp³-hybridized carbons (Fsp3) is 0.846. The van der Waals surface area contributed by atoms with Crippen LogP contribution >= 0.6 is 21.6 Å². The molecule has 1 aliphatic rings. The maximum Gasteiger partial charge on any atom is 0.328 e. The van der Waals surface area contributed by atoms with Crippen molar-refractivity contribution in [3.63, 3.8) is 0 Å². The third-order valence-electron chi connectivity index (χ3n) is 3.34. The van der Waals surface area contributed by atoms with E-state index in [0.717, 1.165) is 12.2 Å². The third-order valence-corrected chi connectivity index (χ3v) is 7.30. The average molecular weight is 370 g/mol. The molecule has 0 bridgehead atoms. The minimum atomic E-state index is -2.88. The Hall–Kier alpha value is -0.410. The molecule has 0 spiro atoms. The number of rotatable bonds is 8. The van der Waals surface area contributed by atoms with Crippen molar-refractivity contribution >= 4 is 43.3 Å². The van der Waals surface area contributed by atoms with Gasteiger partial charge in [-0.25, -0.2) is 13.2 Å². The number of ether oxygens (including phenoxy) is 1.